The Kier molecular flexibility index (Phi) is 4.88. The van der Waals surface area contributed by atoms with Crippen molar-refractivity contribution < 1.29 is 9.53 Å². The standard InChI is InChI=1S/C11H17N3O2/c1-8(9-3-5-13-6-4-9)14-11(15)10(7-12)16-2/h3-6,8,10H,7,12H2,1-2H3,(H,14,15)/t8-,10?/m0/s1. The fourth-order valence-corrected chi connectivity index (χ4v) is 1.35. The number of nitrogens with one attached hydrogen (secondary N) is 1. The number of nitrogens with zero attached hydrogens (tertiary/aromatic N) is 1. The van der Waals surface area contributed by atoms with Crippen molar-refractivity contribution in [3.8, 4) is 0 Å². The minimum absolute atomic E-state index is 0.0836. The van der Waals surface area contributed by atoms with Crippen LogP contribution < -0.4 is 11.1 Å². The second-order valence-corrected chi connectivity index (χ2v) is 3.47. The molecule has 1 amide bonds. The monoisotopic (exact) mass is 223 g/mol. The Balaban J connectivity index is 2.58. The highest BCUT2D eigenvalue weighted by Gasteiger charge is 2.18. The largest absolute Gasteiger partial charge is 0.370 e. The van der Waals surface area contributed by atoms with Crippen LogP contribution in [0.5, 0.6) is 0 Å². The Labute approximate surface area is 95.0 Å². The maximum Gasteiger partial charge on any atom is 0.250 e. The van der Waals surface area contributed by atoms with Gasteiger partial charge in [0.15, 0.2) is 0 Å². The van der Waals surface area contributed by atoms with Crippen LogP contribution in [0.3, 0.4) is 0 Å². The van der Waals surface area contributed by atoms with Gasteiger partial charge in [-0.1, -0.05) is 0 Å². The van der Waals surface area contributed by atoms with Crippen LogP contribution in [0.15, 0.2) is 24.5 Å². The smallest absolute Gasteiger partial charge is 0.250 e. The average Bonchev–Trinajstić information content (AvgIpc) is 2.31. The molecular formula is C11H17N3O2. The first-order chi connectivity index (χ1) is 7.69. The number of methoxy groups -OCH3 is 1. The molecule has 0 radical (unpaired) electrons. The van der Waals surface area contributed by atoms with Crippen LogP contribution in [0.1, 0.15) is 18.5 Å². The number of ether oxygens (including phenoxy) is 1. The Morgan fingerprint density at radius 2 is 2.19 bits per heavy atom. The van der Waals surface area contributed by atoms with Gasteiger partial charge in [-0.25, -0.2) is 0 Å². The first-order valence-corrected chi connectivity index (χ1v) is 5.12. The SMILES string of the molecule is COC(CN)C(=O)N[C@@H](C)c1ccncc1. The minimum Gasteiger partial charge on any atom is -0.370 e. The molecule has 3 N–H and O–H groups in total. The number of amides is 1. The van der Waals surface area contributed by atoms with E-state index in [1.165, 1.54) is 7.11 Å². The third-order valence-electron chi connectivity index (χ3n) is 2.36. The van der Waals surface area contributed by atoms with Crippen molar-refractivity contribution in [1.29, 1.82) is 0 Å². The second kappa shape index (κ2) is 6.19. The number of hydrogen-bond acceptors (Lipinski definition) is 4. The molecule has 1 rings (SSSR count). The zero-order valence-corrected chi connectivity index (χ0v) is 9.51. The van der Waals surface area contributed by atoms with Crippen molar-refractivity contribution in [1.82, 2.24) is 10.3 Å². The molecule has 1 heterocycles. The highest BCUT2D eigenvalue weighted by Crippen LogP contribution is 2.10. The van der Waals surface area contributed by atoms with Crippen LogP contribution in [-0.4, -0.2) is 30.6 Å². The van der Waals surface area contributed by atoms with Gasteiger partial charge in [0.1, 0.15) is 6.10 Å². The molecule has 1 aromatic rings. The summed E-state index contributed by atoms with van der Waals surface area (Å²) >= 11 is 0. The van der Waals surface area contributed by atoms with Crippen molar-refractivity contribution >= 4 is 5.91 Å². The molecule has 1 aromatic heterocycles. The van der Waals surface area contributed by atoms with Crippen LogP contribution in [0.4, 0.5) is 0 Å². The zero-order valence-electron chi connectivity index (χ0n) is 9.51. The molecule has 0 saturated heterocycles. The second-order valence-electron chi connectivity index (χ2n) is 3.47. The lowest BCUT2D eigenvalue weighted by atomic mass is 10.1. The van der Waals surface area contributed by atoms with Crippen LogP contribution in [0.2, 0.25) is 0 Å². The van der Waals surface area contributed by atoms with Crippen LogP contribution in [0, 0.1) is 0 Å². The lowest BCUT2D eigenvalue weighted by Gasteiger charge is -2.18. The fraction of sp³-hybridized carbons (Fsp3) is 0.455. The molecule has 5 heteroatoms. The summed E-state index contributed by atoms with van der Waals surface area (Å²) in [6.45, 7) is 2.07. The van der Waals surface area contributed by atoms with Gasteiger partial charge in [0.25, 0.3) is 5.91 Å². The third kappa shape index (κ3) is 3.29. The van der Waals surface area contributed by atoms with E-state index in [9.17, 15) is 4.79 Å². The topological polar surface area (TPSA) is 77.2 Å². The fourth-order valence-electron chi connectivity index (χ4n) is 1.35. The molecule has 0 aliphatic heterocycles. The quantitative estimate of drug-likeness (QED) is 0.749. The van der Waals surface area contributed by atoms with E-state index in [0.717, 1.165) is 5.56 Å². The maximum absolute atomic E-state index is 11.7. The zero-order chi connectivity index (χ0) is 12.0. The van der Waals surface area contributed by atoms with Gasteiger partial charge in [0, 0.05) is 26.0 Å². The summed E-state index contributed by atoms with van der Waals surface area (Å²) in [4.78, 5) is 15.6. The molecule has 0 aromatic carbocycles. The van der Waals surface area contributed by atoms with Crippen molar-refractivity contribution in [3.63, 3.8) is 0 Å². The summed E-state index contributed by atoms with van der Waals surface area (Å²) < 4.78 is 4.95. The highest BCUT2D eigenvalue weighted by molar-refractivity contribution is 5.81. The van der Waals surface area contributed by atoms with Crippen molar-refractivity contribution in [2.75, 3.05) is 13.7 Å². The molecule has 88 valence electrons. The van der Waals surface area contributed by atoms with E-state index in [1.54, 1.807) is 12.4 Å². The van der Waals surface area contributed by atoms with E-state index in [0.29, 0.717) is 0 Å². The number of carbonyl (C=O) groups is 1. The van der Waals surface area contributed by atoms with Gasteiger partial charge < -0.3 is 15.8 Å². The van der Waals surface area contributed by atoms with Crippen LogP contribution in [0.25, 0.3) is 0 Å². The van der Waals surface area contributed by atoms with E-state index in [1.807, 2.05) is 19.1 Å². The molecule has 0 spiro atoms. The molecule has 0 bridgehead atoms. The predicted molar refractivity (Wildman–Crippen MR) is 60.6 cm³/mol. The average molecular weight is 223 g/mol. The van der Waals surface area contributed by atoms with E-state index in [-0.39, 0.29) is 18.5 Å². The number of rotatable bonds is 5. The first-order valence-electron chi connectivity index (χ1n) is 5.12. The molecule has 0 aliphatic rings. The Morgan fingerprint density at radius 1 is 1.56 bits per heavy atom. The lowest BCUT2D eigenvalue weighted by molar-refractivity contribution is -0.131. The summed E-state index contributed by atoms with van der Waals surface area (Å²) in [6, 6.07) is 3.63. The van der Waals surface area contributed by atoms with Gasteiger partial charge >= 0.3 is 0 Å². The molecule has 5 nitrogen and oxygen atoms in total. The molecule has 16 heavy (non-hydrogen) atoms. The molecule has 0 saturated carbocycles. The number of aromatic nitrogens is 1. The van der Waals surface area contributed by atoms with E-state index < -0.39 is 6.10 Å². The van der Waals surface area contributed by atoms with Gasteiger partial charge in [0.05, 0.1) is 6.04 Å². The van der Waals surface area contributed by atoms with Gasteiger partial charge in [-0.05, 0) is 24.6 Å². The van der Waals surface area contributed by atoms with Gasteiger partial charge in [-0.2, -0.15) is 0 Å². The molecular weight excluding hydrogens is 206 g/mol. The van der Waals surface area contributed by atoms with Crippen molar-refractivity contribution in [3.05, 3.63) is 30.1 Å². The minimum atomic E-state index is -0.593. The van der Waals surface area contributed by atoms with Gasteiger partial charge in [-0.3, -0.25) is 9.78 Å². The third-order valence-corrected chi connectivity index (χ3v) is 2.36. The summed E-state index contributed by atoms with van der Waals surface area (Å²) in [5.41, 5.74) is 6.40. The van der Waals surface area contributed by atoms with Gasteiger partial charge in [0.2, 0.25) is 0 Å². The first kappa shape index (κ1) is 12.6. The lowest BCUT2D eigenvalue weighted by Crippen LogP contribution is -2.41. The predicted octanol–water partition coefficient (Wildman–Crippen LogP) is 0.233. The maximum atomic E-state index is 11.7. The molecule has 2 atom stereocenters. The summed E-state index contributed by atoms with van der Waals surface area (Å²) in [5, 5.41) is 2.83. The number of pyridine rings is 1. The van der Waals surface area contributed by atoms with E-state index in [4.69, 9.17) is 10.5 Å². The van der Waals surface area contributed by atoms with Crippen molar-refractivity contribution in [2.24, 2.45) is 5.73 Å². The number of nitrogens with two attached hydrogens (primary N) is 1. The molecule has 0 fully saturated rings. The Hall–Kier alpha value is -1.46. The Morgan fingerprint density at radius 3 is 2.69 bits per heavy atom. The number of carbonyl (C=O) groups excluding carboxylic acids is 1. The van der Waals surface area contributed by atoms with Crippen LogP contribution in [-0.2, 0) is 9.53 Å². The normalized spacial score (nSPS) is 14.2. The van der Waals surface area contributed by atoms with Gasteiger partial charge in [-0.15, -0.1) is 0 Å². The number of hydrogen-bond donors (Lipinski definition) is 2. The summed E-state index contributed by atoms with van der Waals surface area (Å²) in [6.07, 6.45) is 2.79. The summed E-state index contributed by atoms with van der Waals surface area (Å²) in [5.74, 6) is -0.200. The summed E-state index contributed by atoms with van der Waals surface area (Å²) in [7, 11) is 1.47. The highest BCUT2D eigenvalue weighted by atomic mass is 16.5. The molecule has 1 unspecified atom stereocenters. The van der Waals surface area contributed by atoms with E-state index >= 15 is 0 Å². The Bertz CT molecular complexity index is 325. The van der Waals surface area contributed by atoms with E-state index in [2.05, 4.69) is 10.3 Å². The van der Waals surface area contributed by atoms with Crippen molar-refractivity contribution in [2.45, 2.75) is 19.1 Å². The molecule has 0 aliphatic carbocycles. The van der Waals surface area contributed by atoms with Crippen LogP contribution >= 0.6 is 0 Å².